The molecular weight excluding hydrogens is 352 g/mol. The molecule has 1 amide bonds. The molecule has 1 aromatic carbocycles. The standard InChI is InChI=1S/C15H15BrN2O4/c1-8-14(9(2)22-18-8)15(21)17-12(7-13(19)20)10-4-3-5-11(16)6-10/h3-6,12H,7H2,1-2H3,(H,17,21)(H,19,20)/t12-/m1/s1. The zero-order valence-corrected chi connectivity index (χ0v) is 13.7. The normalized spacial score (nSPS) is 12.0. The molecule has 0 aliphatic heterocycles. The van der Waals surface area contributed by atoms with Crippen LogP contribution in [0.2, 0.25) is 0 Å². The molecule has 0 bridgehead atoms. The van der Waals surface area contributed by atoms with Crippen molar-refractivity contribution in [1.82, 2.24) is 10.5 Å². The number of nitrogens with zero attached hydrogens (tertiary/aromatic N) is 1. The van der Waals surface area contributed by atoms with Crippen molar-refractivity contribution in [1.29, 1.82) is 0 Å². The van der Waals surface area contributed by atoms with E-state index in [1.54, 1.807) is 32.0 Å². The van der Waals surface area contributed by atoms with Gasteiger partial charge in [0.05, 0.1) is 18.2 Å². The highest BCUT2D eigenvalue weighted by atomic mass is 79.9. The van der Waals surface area contributed by atoms with E-state index in [-0.39, 0.29) is 6.42 Å². The van der Waals surface area contributed by atoms with Gasteiger partial charge in [-0.3, -0.25) is 9.59 Å². The number of aliphatic carboxylic acids is 1. The first-order chi connectivity index (χ1) is 10.4. The fourth-order valence-electron chi connectivity index (χ4n) is 2.19. The molecule has 22 heavy (non-hydrogen) atoms. The van der Waals surface area contributed by atoms with E-state index >= 15 is 0 Å². The van der Waals surface area contributed by atoms with Gasteiger partial charge >= 0.3 is 5.97 Å². The van der Waals surface area contributed by atoms with Crippen molar-refractivity contribution in [3.05, 3.63) is 51.3 Å². The minimum atomic E-state index is -0.996. The molecule has 116 valence electrons. The maximum absolute atomic E-state index is 12.4. The molecule has 6 nitrogen and oxygen atoms in total. The van der Waals surface area contributed by atoms with Crippen molar-refractivity contribution in [2.75, 3.05) is 0 Å². The monoisotopic (exact) mass is 366 g/mol. The summed E-state index contributed by atoms with van der Waals surface area (Å²) >= 11 is 3.34. The van der Waals surface area contributed by atoms with Crippen LogP contribution in [0.4, 0.5) is 0 Å². The lowest BCUT2D eigenvalue weighted by atomic mass is 10.0. The van der Waals surface area contributed by atoms with Crippen LogP contribution in [0.25, 0.3) is 0 Å². The average molecular weight is 367 g/mol. The molecule has 0 aliphatic rings. The molecule has 2 rings (SSSR count). The van der Waals surface area contributed by atoms with Crippen molar-refractivity contribution in [2.45, 2.75) is 26.3 Å². The molecule has 1 aromatic heterocycles. The van der Waals surface area contributed by atoms with Gasteiger partial charge in [0.2, 0.25) is 0 Å². The number of hydrogen-bond donors (Lipinski definition) is 2. The minimum absolute atomic E-state index is 0.217. The topological polar surface area (TPSA) is 92.4 Å². The Morgan fingerprint density at radius 2 is 2.14 bits per heavy atom. The van der Waals surface area contributed by atoms with Gasteiger partial charge in [0, 0.05) is 4.47 Å². The van der Waals surface area contributed by atoms with Gasteiger partial charge in [-0.05, 0) is 31.5 Å². The third kappa shape index (κ3) is 3.73. The molecule has 0 aliphatic carbocycles. The van der Waals surface area contributed by atoms with Gasteiger partial charge in [-0.2, -0.15) is 0 Å². The molecule has 0 unspecified atom stereocenters. The maximum Gasteiger partial charge on any atom is 0.305 e. The summed E-state index contributed by atoms with van der Waals surface area (Å²) < 4.78 is 5.78. The molecule has 0 saturated heterocycles. The third-order valence-electron chi connectivity index (χ3n) is 3.20. The van der Waals surface area contributed by atoms with Crippen LogP contribution in [0.5, 0.6) is 0 Å². The molecule has 2 aromatic rings. The molecule has 0 spiro atoms. The molecule has 0 radical (unpaired) electrons. The van der Waals surface area contributed by atoms with Gasteiger partial charge in [0.25, 0.3) is 5.91 Å². The highest BCUT2D eigenvalue weighted by molar-refractivity contribution is 9.10. The van der Waals surface area contributed by atoms with E-state index in [0.29, 0.717) is 22.6 Å². The van der Waals surface area contributed by atoms with Crippen LogP contribution in [0.1, 0.15) is 39.8 Å². The quantitative estimate of drug-likeness (QED) is 0.848. The molecule has 0 saturated carbocycles. The van der Waals surface area contributed by atoms with Gasteiger partial charge in [0.1, 0.15) is 11.3 Å². The first-order valence-electron chi connectivity index (χ1n) is 6.59. The number of benzene rings is 1. The second-order valence-electron chi connectivity index (χ2n) is 4.88. The Bertz CT molecular complexity index is 692. The number of carbonyl (C=O) groups excluding carboxylic acids is 1. The Hall–Kier alpha value is -2.15. The Balaban J connectivity index is 2.27. The maximum atomic E-state index is 12.4. The summed E-state index contributed by atoms with van der Waals surface area (Å²) in [5, 5.41) is 15.5. The molecule has 2 N–H and O–H groups in total. The van der Waals surface area contributed by atoms with Gasteiger partial charge < -0.3 is 14.9 Å². The average Bonchev–Trinajstić information content (AvgIpc) is 2.77. The number of amides is 1. The number of hydrogen-bond acceptors (Lipinski definition) is 4. The number of nitrogens with one attached hydrogen (secondary N) is 1. The van der Waals surface area contributed by atoms with E-state index in [1.807, 2.05) is 6.07 Å². The largest absolute Gasteiger partial charge is 0.481 e. The first kappa shape index (κ1) is 16.2. The van der Waals surface area contributed by atoms with Crippen molar-refractivity contribution in [3.63, 3.8) is 0 Å². The lowest BCUT2D eigenvalue weighted by Gasteiger charge is -2.17. The van der Waals surface area contributed by atoms with Crippen LogP contribution in [0, 0.1) is 13.8 Å². The number of carbonyl (C=O) groups is 2. The van der Waals surface area contributed by atoms with Gasteiger partial charge in [0.15, 0.2) is 0 Å². The highest BCUT2D eigenvalue weighted by Gasteiger charge is 2.23. The van der Waals surface area contributed by atoms with E-state index < -0.39 is 17.9 Å². The number of aromatic nitrogens is 1. The Kier molecular flexibility index (Phi) is 4.97. The Morgan fingerprint density at radius 3 is 2.68 bits per heavy atom. The Labute approximate surface area is 135 Å². The molecule has 1 heterocycles. The van der Waals surface area contributed by atoms with Crippen molar-refractivity contribution in [2.24, 2.45) is 0 Å². The number of carboxylic acid groups (broad SMARTS) is 1. The fourth-order valence-corrected chi connectivity index (χ4v) is 2.60. The van der Waals surface area contributed by atoms with E-state index in [9.17, 15) is 9.59 Å². The molecular formula is C15H15BrN2O4. The zero-order chi connectivity index (χ0) is 16.3. The van der Waals surface area contributed by atoms with E-state index in [0.717, 1.165) is 4.47 Å². The van der Waals surface area contributed by atoms with Gasteiger partial charge in [-0.1, -0.05) is 33.2 Å². The van der Waals surface area contributed by atoms with Crippen LogP contribution in [0.3, 0.4) is 0 Å². The molecule has 7 heteroatoms. The summed E-state index contributed by atoms with van der Waals surface area (Å²) in [6.07, 6.45) is -0.217. The molecule has 0 fully saturated rings. The summed E-state index contributed by atoms with van der Waals surface area (Å²) in [5.41, 5.74) is 1.51. The van der Waals surface area contributed by atoms with E-state index in [4.69, 9.17) is 9.63 Å². The summed E-state index contributed by atoms with van der Waals surface area (Å²) in [4.78, 5) is 23.5. The van der Waals surface area contributed by atoms with Crippen molar-refractivity contribution >= 4 is 27.8 Å². The van der Waals surface area contributed by atoms with Crippen LogP contribution in [-0.2, 0) is 4.79 Å². The zero-order valence-electron chi connectivity index (χ0n) is 12.1. The first-order valence-corrected chi connectivity index (χ1v) is 7.38. The SMILES string of the molecule is Cc1noc(C)c1C(=O)N[C@H](CC(=O)O)c1cccc(Br)c1. The minimum Gasteiger partial charge on any atom is -0.481 e. The van der Waals surface area contributed by atoms with E-state index in [1.165, 1.54) is 0 Å². The smallest absolute Gasteiger partial charge is 0.305 e. The summed E-state index contributed by atoms with van der Waals surface area (Å²) in [7, 11) is 0. The highest BCUT2D eigenvalue weighted by Crippen LogP contribution is 2.22. The molecule has 1 atom stereocenters. The summed E-state index contributed by atoms with van der Waals surface area (Å²) in [6, 6.07) is 6.53. The second-order valence-corrected chi connectivity index (χ2v) is 5.79. The second kappa shape index (κ2) is 6.74. The van der Waals surface area contributed by atoms with Crippen molar-refractivity contribution < 1.29 is 19.2 Å². The number of halogens is 1. The predicted molar refractivity (Wildman–Crippen MR) is 82.6 cm³/mol. The lowest BCUT2D eigenvalue weighted by molar-refractivity contribution is -0.137. The lowest BCUT2D eigenvalue weighted by Crippen LogP contribution is -2.30. The summed E-state index contributed by atoms with van der Waals surface area (Å²) in [5.74, 6) is -0.996. The van der Waals surface area contributed by atoms with Gasteiger partial charge in [-0.25, -0.2) is 0 Å². The van der Waals surface area contributed by atoms with E-state index in [2.05, 4.69) is 26.4 Å². The number of rotatable bonds is 5. The Morgan fingerprint density at radius 1 is 1.41 bits per heavy atom. The van der Waals surface area contributed by atoms with Gasteiger partial charge in [-0.15, -0.1) is 0 Å². The van der Waals surface area contributed by atoms with Crippen LogP contribution < -0.4 is 5.32 Å². The van der Waals surface area contributed by atoms with Crippen LogP contribution >= 0.6 is 15.9 Å². The van der Waals surface area contributed by atoms with Crippen molar-refractivity contribution in [3.8, 4) is 0 Å². The number of aryl methyl sites for hydroxylation is 2. The number of carboxylic acids is 1. The fraction of sp³-hybridized carbons (Fsp3) is 0.267. The van der Waals surface area contributed by atoms with Crippen LogP contribution in [0.15, 0.2) is 33.3 Å². The predicted octanol–water partition coefficient (Wildman–Crippen LogP) is 3.00. The van der Waals surface area contributed by atoms with Crippen LogP contribution in [-0.4, -0.2) is 22.1 Å². The third-order valence-corrected chi connectivity index (χ3v) is 3.69. The summed E-state index contributed by atoms with van der Waals surface area (Å²) in [6.45, 7) is 3.30.